The molecule has 0 radical (unpaired) electrons. The molecule has 0 bridgehead atoms. The van der Waals surface area contributed by atoms with Gasteiger partial charge in [0.2, 0.25) is 0 Å². The SMILES string of the molecule is CCNCCOCC1Cc2cc(C)ccc2O1. The smallest absolute Gasteiger partial charge is 0.126 e. The lowest BCUT2D eigenvalue weighted by Crippen LogP contribution is -2.24. The van der Waals surface area contributed by atoms with Gasteiger partial charge in [-0.2, -0.15) is 0 Å². The van der Waals surface area contributed by atoms with Crippen LogP contribution in [0.25, 0.3) is 0 Å². The van der Waals surface area contributed by atoms with Crippen molar-refractivity contribution in [3.05, 3.63) is 29.3 Å². The van der Waals surface area contributed by atoms with Gasteiger partial charge in [0.25, 0.3) is 0 Å². The van der Waals surface area contributed by atoms with Crippen molar-refractivity contribution in [3.63, 3.8) is 0 Å². The molecule has 0 saturated heterocycles. The maximum atomic E-state index is 5.82. The Balaban J connectivity index is 1.73. The van der Waals surface area contributed by atoms with E-state index >= 15 is 0 Å². The predicted octanol–water partition coefficient (Wildman–Crippen LogP) is 1.92. The normalized spacial score (nSPS) is 17.9. The third kappa shape index (κ3) is 3.45. The van der Waals surface area contributed by atoms with Crippen LogP contribution in [0.5, 0.6) is 5.75 Å². The van der Waals surface area contributed by atoms with Gasteiger partial charge in [-0.3, -0.25) is 0 Å². The van der Waals surface area contributed by atoms with E-state index in [2.05, 4.69) is 37.4 Å². The van der Waals surface area contributed by atoms with Crippen LogP contribution in [-0.4, -0.2) is 32.4 Å². The lowest BCUT2D eigenvalue weighted by atomic mass is 10.1. The summed E-state index contributed by atoms with van der Waals surface area (Å²) >= 11 is 0. The van der Waals surface area contributed by atoms with E-state index in [1.54, 1.807) is 0 Å². The fourth-order valence-electron chi connectivity index (χ4n) is 2.08. The molecular formula is C14H21NO2. The number of ether oxygens (including phenoxy) is 2. The monoisotopic (exact) mass is 235 g/mol. The molecule has 3 nitrogen and oxygen atoms in total. The Kier molecular flexibility index (Phi) is 4.40. The van der Waals surface area contributed by atoms with Gasteiger partial charge in [0.1, 0.15) is 11.9 Å². The number of hydrogen-bond donors (Lipinski definition) is 1. The summed E-state index contributed by atoms with van der Waals surface area (Å²) in [5.41, 5.74) is 2.60. The largest absolute Gasteiger partial charge is 0.487 e. The maximum absolute atomic E-state index is 5.82. The highest BCUT2D eigenvalue weighted by atomic mass is 16.5. The second-order valence-electron chi connectivity index (χ2n) is 4.48. The molecule has 0 fully saturated rings. The Hall–Kier alpha value is -1.06. The summed E-state index contributed by atoms with van der Waals surface area (Å²) in [6.45, 7) is 7.55. The molecular weight excluding hydrogens is 214 g/mol. The second kappa shape index (κ2) is 6.03. The minimum absolute atomic E-state index is 0.188. The first-order valence-corrected chi connectivity index (χ1v) is 6.34. The molecule has 1 aliphatic rings. The van der Waals surface area contributed by atoms with Gasteiger partial charge in [-0.15, -0.1) is 0 Å². The van der Waals surface area contributed by atoms with Gasteiger partial charge in [-0.05, 0) is 25.1 Å². The highest BCUT2D eigenvalue weighted by Gasteiger charge is 2.22. The van der Waals surface area contributed by atoms with Crippen LogP contribution in [0.2, 0.25) is 0 Å². The van der Waals surface area contributed by atoms with Crippen molar-refractivity contribution in [1.29, 1.82) is 0 Å². The van der Waals surface area contributed by atoms with E-state index in [0.717, 1.165) is 31.9 Å². The predicted molar refractivity (Wildman–Crippen MR) is 68.7 cm³/mol. The van der Waals surface area contributed by atoms with Crippen molar-refractivity contribution in [3.8, 4) is 5.75 Å². The average molecular weight is 235 g/mol. The third-order valence-corrected chi connectivity index (χ3v) is 2.93. The van der Waals surface area contributed by atoms with Gasteiger partial charge in [0, 0.05) is 13.0 Å². The molecule has 0 spiro atoms. The number of nitrogens with one attached hydrogen (secondary N) is 1. The first kappa shape index (κ1) is 12.4. The summed E-state index contributed by atoms with van der Waals surface area (Å²) < 4.78 is 11.4. The highest BCUT2D eigenvalue weighted by Crippen LogP contribution is 2.29. The van der Waals surface area contributed by atoms with Crippen molar-refractivity contribution in [2.45, 2.75) is 26.4 Å². The van der Waals surface area contributed by atoms with E-state index in [0.29, 0.717) is 6.61 Å². The summed E-state index contributed by atoms with van der Waals surface area (Å²) in [5.74, 6) is 1.02. The van der Waals surface area contributed by atoms with Gasteiger partial charge in [-0.1, -0.05) is 24.6 Å². The lowest BCUT2D eigenvalue weighted by Gasteiger charge is -2.11. The zero-order valence-electron chi connectivity index (χ0n) is 10.7. The van der Waals surface area contributed by atoms with E-state index in [4.69, 9.17) is 9.47 Å². The van der Waals surface area contributed by atoms with Crippen molar-refractivity contribution in [2.75, 3.05) is 26.3 Å². The van der Waals surface area contributed by atoms with Gasteiger partial charge in [0.05, 0.1) is 13.2 Å². The molecule has 0 aliphatic carbocycles. The molecule has 1 N–H and O–H groups in total. The Morgan fingerprint density at radius 2 is 2.35 bits per heavy atom. The van der Waals surface area contributed by atoms with Crippen LogP contribution < -0.4 is 10.1 Å². The first-order chi connectivity index (χ1) is 8.29. The number of aryl methyl sites for hydroxylation is 1. The van der Waals surface area contributed by atoms with Crippen molar-refractivity contribution >= 4 is 0 Å². The Bertz CT molecular complexity index is 365. The summed E-state index contributed by atoms with van der Waals surface area (Å²) in [4.78, 5) is 0. The molecule has 1 unspecified atom stereocenters. The van der Waals surface area contributed by atoms with Gasteiger partial charge >= 0.3 is 0 Å². The van der Waals surface area contributed by atoms with Crippen LogP contribution in [0, 0.1) is 6.92 Å². The molecule has 2 rings (SSSR count). The number of hydrogen-bond acceptors (Lipinski definition) is 3. The zero-order valence-corrected chi connectivity index (χ0v) is 10.7. The quantitative estimate of drug-likeness (QED) is 0.764. The summed E-state index contributed by atoms with van der Waals surface area (Å²) in [5, 5.41) is 3.23. The Morgan fingerprint density at radius 3 is 3.18 bits per heavy atom. The Morgan fingerprint density at radius 1 is 1.47 bits per heavy atom. The maximum Gasteiger partial charge on any atom is 0.126 e. The van der Waals surface area contributed by atoms with Crippen LogP contribution in [0.4, 0.5) is 0 Å². The Labute approximate surface area is 103 Å². The molecule has 1 heterocycles. The molecule has 0 aromatic heterocycles. The molecule has 3 heteroatoms. The van der Waals surface area contributed by atoms with E-state index < -0.39 is 0 Å². The van der Waals surface area contributed by atoms with Gasteiger partial charge in [-0.25, -0.2) is 0 Å². The van der Waals surface area contributed by atoms with Crippen LogP contribution in [-0.2, 0) is 11.2 Å². The zero-order chi connectivity index (χ0) is 12.1. The van der Waals surface area contributed by atoms with E-state index in [9.17, 15) is 0 Å². The van der Waals surface area contributed by atoms with Crippen molar-refractivity contribution in [1.82, 2.24) is 5.32 Å². The van der Waals surface area contributed by atoms with Gasteiger partial charge < -0.3 is 14.8 Å². The first-order valence-electron chi connectivity index (χ1n) is 6.34. The summed E-state index contributed by atoms with van der Waals surface area (Å²) in [6, 6.07) is 6.35. The van der Waals surface area contributed by atoms with E-state index in [1.165, 1.54) is 11.1 Å². The van der Waals surface area contributed by atoms with E-state index in [-0.39, 0.29) is 6.10 Å². The minimum Gasteiger partial charge on any atom is -0.487 e. The standard InChI is InChI=1S/C14H21NO2/c1-3-15-6-7-16-10-13-9-12-8-11(2)4-5-14(12)17-13/h4-5,8,13,15H,3,6-7,9-10H2,1-2H3. The summed E-state index contributed by atoms with van der Waals surface area (Å²) in [6.07, 6.45) is 1.16. The number of rotatable bonds is 6. The lowest BCUT2D eigenvalue weighted by molar-refractivity contribution is 0.0622. The van der Waals surface area contributed by atoms with Crippen molar-refractivity contribution < 1.29 is 9.47 Å². The molecule has 17 heavy (non-hydrogen) atoms. The molecule has 1 atom stereocenters. The summed E-state index contributed by atoms with van der Waals surface area (Å²) in [7, 11) is 0. The molecule has 0 amide bonds. The van der Waals surface area contributed by atoms with E-state index in [1.807, 2.05) is 0 Å². The van der Waals surface area contributed by atoms with Crippen LogP contribution in [0.3, 0.4) is 0 Å². The third-order valence-electron chi connectivity index (χ3n) is 2.93. The van der Waals surface area contributed by atoms with Gasteiger partial charge in [0.15, 0.2) is 0 Å². The molecule has 1 aromatic carbocycles. The average Bonchev–Trinajstić information content (AvgIpc) is 2.70. The molecule has 0 saturated carbocycles. The molecule has 1 aliphatic heterocycles. The second-order valence-corrected chi connectivity index (χ2v) is 4.48. The number of fused-ring (bicyclic) bond motifs is 1. The highest BCUT2D eigenvalue weighted by molar-refractivity contribution is 5.40. The fraction of sp³-hybridized carbons (Fsp3) is 0.571. The van der Waals surface area contributed by atoms with Crippen LogP contribution >= 0.6 is 0 Å². The van der Waals surface area contributed by atoms with Crippen LogP contribution in [0.15, 0.2) is 18.2 Å². The molecule has 1 aromatic rings. The number of benzene rings is 1. The number of likely N-dealkylation sites (N-methyl/N-ethyl adjacent to an activating group) is 1. The minimum atomic E-state index is 0.188. The van der Waals surface area contributed by atoms with Crippen molar-refractivity contribution in [2.24, 2.45) is 0 Å². The molecule has 94 valence electrons. The fourth-order valence-corrected chi connectivity index (χ4v) is 2.08. The van der Waals surface area contributed by atoms with Crippen LogP contribution in [0.1, 0.15) is 18.1 Å². The topological polar surface area (TPSA) is 30.5 Å².